The van der Waals surface area contributed by atoms with Crippen LogP contribution in [0.3, 0.4) is 0 Å². The van der Waals surface area contributed by atoms with Crippen LogP contribution in [0, 0.1) is 0 Å². The van der Waals surface area contributed by atoms with Crippen molar-refractivity contribution in [2.75, 3.05) is 44.8 Å². The van der Waals surface area contributed by atoms with Crippen molar-refractivity contribution < 1.29 is 53.1 Å². The van der Waals surface area contributed by atoms with Crippen molar-refractivity contribution >= 4 is 35.8 Å². The van der Waals surface area contributed by atoms with E-state index in [1.54, 1.807) is 41.2 Å². The summed E-state index contributed by atoms with van der Waals surface area (Å²) in [4.78, 5) is 63.6. The third kappa shape index (κ3) is 14.7. The first-order valence-electron chi connectivity index (χ1n) is 26.2. The van der Waals surface area contributed by atoms with Crippen LogP contribution in [0.25, 0.3) is 22.5 Å². The zero-order chi connectivity index (χ0) is 56.1. The molecule has 0 spiro atoms. The molecule has 5 aromatic carbocycles. The Bertz CT molecular complexity index is 3240. The highest BCUT2D eigenvalue weighted by Crippen LogP contribution is 2.39. The number of benzene rings is 5. The highest BCUT2D eigenvalue weighted by molar-refractivity contribution is 5.97. The van der Waals surface area contributed by atoms with E-state index in [0.29, 0.717) is 79.5 Å². The fraction of sp³-hybridized carbons (Fsp3) is 0.290. The Morgan fingerprint density at radius 3 is 1.59 bits per heavy atom. The van der Waals surface area contributed by atoms with Gasteiger partial charge in [-0.1, -0.05) is 97.1 Å². The number of amides is 2. The fourth-order valence-corrected chi connectivity index (χ4v) is 9.67. The Morgan fingerprint density at radius 2 is 1.08 bits per heavy atom. The van der Waals surface area contributed by atoms with Crippen molar-refractivity contribution in [3.05, 3.63) is 185 Å². The molecule has 9 rings (SSSR count). The third-order valence-electron chi connectivity index (χ3n) is 13.5. The van der Waals surface area contributed by atoms with Crippen LogP contribution in [0.2, 0.25) is 0 Å². The summed E-state index contributed by atoms with van der Waals surface area (Å²) in [7, 11) is 1.63. The van der Waals surface area contributed by atoms with Gasteiger partial charge in [0.1, 0.15) is 65.4 Å². The van der Waals surface area contributed by atoms with Gasteiger partial charge in [-0.25, -0.2) is 29.1 Å². The molecule has 6 N–H and O–H groups in total. The number of ether oxygens (including phenoxy) is 5. The zero-order valence-corrected chi connectivity index (χ0v) is 44.8. The molecule has 0 radical (unpaired) electrons. The Morgan fingerprint density at radius 1 is 0.608 bits per heavy atom. The van der Waals surface area contributed by atoms with Gasteiger partial charge in [-0.3, -0.25) is 0 Å². The van der Waals surface area contributed by atoms with Crippen LogP contribution in [0.5, 0.6) is 17.2 Å². The van der Waals surface area contributed by atoms with Gasteiger partial charge >= 0.3 is 24.1 Å². The Kier molecular flexibility index (Phi) is 18.3. The molecular weight excluding hydrogens is 1000 g/mol. The quantitative estimate of drug-likeness (QED) is 0.0585. The lowest BCUT2D eigenvalue weighted by molar-refractivity contribution is 0.00679. The van der Waals surface area contributed by atoms with Crippen molar-refractivity contribution in [1.82, 2.24) is 19.8 Å². The number of likely N-dealkylation sites (tertiary alicyclic amines) is 2. The average Bonchev–Trinajstić information content (AvgIpc) is 3.63. The maximum Gasteiger partial charge on any atom is 0.410 e. The monoisotopic (exact) mass is 1070 g/mol. The lowest BCUT2D eigenvalue weighted by Crippen LogP contribution is -2.40. The van der Waals surface area contributed by atoms with Crippen molar-refractivity contribution in [2.24, 2.45) is 0 Å². The summed E-state index contributed by atoms with van der Waals surface area (Å²) in [6.45, 7) is 7.87. The molecule has 7 aromatic rings. The van der Waals surface area contributed by atoms with Gasteiger partial charge < -0.3 is 55.2 Å². The van der Waals surface area contributed by atoms with Crippen LogP contribution in [0.15, 0.2) is 146 Å². The molecule has 2 unspecified atom stereocenters. The molecule has 0 saturated carbocycles. The van der Waals surface area contributed by atoms with Crippen LogP contribution in [0.4, 0.5) is 21.2 Å². The second-order valence-electron chi connectivity index (χ2n) is 20.3. The number of esters is 1. The summed E-state index contributed by atoms with van der Waals surface area (Å²) in [5.41, 5.74) is 18.1. The van der Waals surface area contributed by atoms with Crippen molar-refractivity contribution in [3.63, 3.8) is 0 Å². The third-order valence-corrected chi connectivity index (χ3v) is 13.5. The number of piperidine rings is 2. The summed E-state index contributed by atoms with van der Waals surface area (Å²) in [5.74, 6) is -0.829. The minimum absolute atomic E-state index is 0.0215. The Labute approximate surface area is 459 Å². The number of para-hydroxylation sites is 2. The van der Waals surface area contributed by atoms with E-state index >= 15 is 0 Å². The molecule has 0 aliphatic carbocycles. The van der Waals surface area contributed by atoms with Crippen LogP contribution in [-0.4, -0.2) is 93.0 Å². The van der Waals surface area contributed by atoms with E-state index in [-0.39, 0.29) is 53.6 Å². The number of rotatable bonds is 14. The van der Waals surface area contributed by atoms with Gasteiger partial charge in [0.2, 0.25) is 0 Å². The molecule has 17 heteroatoms. The number of pyridine rings is 2. The number of carboxylic acid groups (broad SMARTS) is 1. The van der Waals surface area contributed by atoms with Gasteiger partial charge in [-0.15, -0.1) is 0 Å². The summed E-state index contributed by atoms with van der Waals surface area (Å²) in [6.07, 6.45) is 2.02. The van der Waals surface area contributed by atoms with E-state index in [0.717, 1.165) is 40.8 Å². The number of carbonyl (C=O) groups excluding carboxylic acids is 3. The Hall–Kier alpha value is -9.12. The van der Waals surface area contributed by atoms with Crippen molar-refractivity contribution in [2.45, 2.75) is 83.7 Å². The molecule has 17 nitrogen and oxygen atoms in total. The number of hydrogen-bond donors (Lipinski definition) is 4. The second-order valence-corrected chi connectivity index (χ2v) is 20.3. The van der Waals surface area contributed by atoms with Crippen LogP contribution in [0.1, 0.15) is 107 Å². The number of phenolic OH excluding ortho intramolecular Hbond substituents is 1. The zero-order valence-electron chi connectivity index (χ0n) is 44.8. The van der Waals surface area contributed by atoms with Gasteiger partial charge in [0.25, 0.3) is 0 Å². The SMILES string of the molecule is COc1ccc(COc2ccccc2-c2cc(C3CCCN(C(=O)OCc4ccccc4)C3)c(C(=O)OC(C)(C)C)c(N)n2)cc1.Nc1nc(-c2ccccc2O)cc(C2CCCN(C(=O)OCc3ccccc3)C2)c1C(=O)O. The molecule has 2 atom stereocenters. The molecule has 0 bridgehead atoms. The fourth-order valence-electron chi connectivity index (χ4n) is 9.67. The van der Waals surface area contributed by atoms with Gasteiger partial charge in [0, 0.05) is 49.1 Å². The summed E-state index contributed by atoms with van der Waals surface area (Å²) >= 11 is 0. The predicted octanol–water partition coefficient (Wildman–Crippen LogP) is 11.6. The molecule has 4 heterocycles. The van der Waals surface area contributed by atoms with E-state index in [1.807, 2.05) is 136 Å². The number of nitrogen functional groups attached to an aromatic ring is 2. The number of carbonyl (C=O) groups is 4. The summed E-state index contributed by atoms with van der Waals surface area (Å²) < 4.78 is 28.4. The van der Waals surface area contributed by atoms with Crippen LogP contribution in [-0.2, 0) is 34.0 Å². The second kappa shape index (κ2) is 25.8. The first-order chi connectivity index (χ1) is 38.0. The van der Waals surface area contributed by atoms with Gasteiger partial charge in [0.05, 0.1) is 18.5 Å². The van der Waals surface area contributed by atoms with E-state index in [9.17, 15) is 29.4 Å². The number of nitrogens with two attached hydrogens (primary N) is 2. The number of hydrogen-bond acceptors (Lipinski definition) is 14. The number of aromatic carboxylic acids is 1. The highest BCUT2D eigenvalue weighted by Gasteiger charge is 2.34. The number of nitrogens with zero attached hydrogens (tertiary/aromatic N) is 4. The first kappa shape index (κ1) is 56.1. The number of anilines is 2. The molecule has 410 valence electrons. The van der Waals surface area contributed by atoms with Crippen molar-refractivity contribution in [3.8, 4) is 39.8 Å². The number of aromatic hydroxyl groups is 1. The first-order valence-corrected chi connectivity index (χ1v) is 26.2. The maximum absolute atomic E-state index is 13.6. The largest absolute Gasteiger partial charge is 0.507 e. The molecule has 2 aromatic heterocycles. The molecular formula is C62H66N6O11. The number of phenols is 1. The summed E-state index contributed by atoms with van der Waals surface area (Å²) in [5, 5.41) is 20.0. The van der Waals surface area contributed by atoms with Crippen LogP contribution >= 0.6 is 0 Å². The van der Waals surface area contributed by atoms with Crippen LogP contribution < -0.4 is 20.9 Å². The summed E-state index contributed by atoms with van der Waals surface area (Å²) in [6, 6.07) is 44.4. The maximum atomic E-state index is 13.6. The van der Waals surface area contributed by atoms with Crippen molar-refractivity contribution in [1.29, 1.82) is 0 Å². The predicted molar refractivity (Wildman–Crippen MR) is 300 cm³/mol. The van der Waals surface area contributed by atoms with E-state index in [2.05, 4.69) is 9.97 Å². The van der Waals surface area contributed by atoms with E-state index in [4.69, 9.17) is 35.2 Å². The number of methoxy groups -OCH3 is 1. The lowest BCUT2D eigenvalue weighted by Gasteiger charge is -2.33. The van der Waals surface area contributed by atoms with Gasteiger partial charge in [-0.05, 0) is 123 Å². The minimum atomic E-state index is -1.18. The number of carboxylic acids is 1. The van der Waals surface area contributed by atoms with Gasteiger partial charge in [-0.2, -0.15) is 0 Å². The number of aromatic nitrogens is 2. The molecule has 2 fully saturated rings. The highest BCUT2D eigenvalue weighted by atomic mass is 16.6. The lowest BCUT2D eigenvalue weighted by atomic mass is 9.87. The molecule has 79 heavy (non-hydrogen) atoms. The van der Waals surface area contributed by atoms with E-state index in [1.165, 1.54) is 6.07 Å². The molecule has 2 saturated heterocycles. The minimum Gasteiger partial charge on any atom is -0.507 e. The van der Waals surface area contributed by atoms with E-state index < -0.39 is 29.7 Å². The average molecular weight is 1070 g/mol. The molecule has 2 aliphatic rings. The molecule has 2 aliphatic heterocycles. The van der Waals surface area contributed by atoms with Gasteiger partial charge in [0.15, 0.2) is 0 Å². The standard InChI is InChI=1S/C37H41N3O6.C25H25N3O5/c1-37(2,3)46-35(41)33-30(27-13-10-20-40(22-27)36(42)45-24-25-11-6-5-7-12-25)21-31(39-34(33)38)29-14-8-9-15-32(29)44-23-26-16-18-28(43-4)19-17-26;26-23-22(24(30)31)19(13-20(27-23)18-10-4-5-11-21(18)29)17-9-6-12-28(14-17)25(32)33-15-16-7-2-1-3-8-16/h5-9,11-12,14-19,21,27H,10,13,20,22-24H2,1-4H3,(H2,38,39);1-5,7-8,10-11,13,17,29H,6,9,12,14-15H2,(H2,26,27)(H,30,31). The topological polar surface area (TPSA) is 239 Å². The molecule has 2 amide bonds. The normalized spacial score (nSPS) is 15.2. The Balaban J connectivity index is 0.000000220. The smallest absolute Gasteiger partial charge is 0.410 e.